The van der Waals surface area contributed by atoms with Crippen molar-refractivity contribution in [1.82, 2.24) is 14.9 Å². The van der Waals surface area contributed by atoms with E-state index in [-0.39, 0.29) is 22.3 Å². The Morgan fingerprint density at radius 3 is 2.29 bits per heavy atom. The second-order valence-electron chi connectivity index (χ2n) is 13.2. The van der Waals surface area contributed by atoms with Gasteiger partial charge in [0, 0.05) is 26.7 Å². The van der Waals surface area contributed by atoms with Crippen molar-refractivity contribution >= 4 is 32.8 Å². The van der Waals surface area contributed by atoms with Crippen LogP contribution in [0.1, 0.15) is 61.2 Å². The maximum atomic E-state index is 13.0. The lowest BCUT2D eigenvalue weighted by Crippen LogP contribution is -2.27. The molecule has 1 unspecified atom stereocenters. The smallest absolute Gasteiger partial charge is 0.246 e. The van der Waals surface area contributed by atoms with Gasteiger partial charge in [0.25, 0.3) is 0 Å². The number of benzene rings is 4. The van der Waals surface area contributed by atoms with Crippen LogP contribution >= 0.6 is 11.6 Å². The Balaban J connectivity index is 0.000000268. The molecule has 0 saturated carbocycles. The molecule has 1 aliphatic heterocycles. The number of aromatic hydroxyl groups is 1. The largest absolute Gasteiger partial charge is 0.505 e. The normalized spacial score (nSPS) is 13.3. The topological polar surface area (TPSA) is 102 Å². The van der Waals surface area contributed by atoms with E-state index in [1.54, 1.807) is 43.4 Å². The molecule has 4 N–H and O–H groups in total. The van der Waals surface area contributed by atoms with Crippen LogP contribution in [-0.4, -0.2) is 43.1 Å². The molecule has 0 spiro atoms. The van der Waals surface area contributed by atoms with Crippen LogP contribution in [0, 0.1) is 18.7 Å². The molecule has 0 radical (unpaired) electrons. The molecular weight excluding hydrogens is 733 g/mol. The number of hydrogen-bond acceptors (Lipinski definition) is 6. The number of aryl methyl sites for hydroxylation is 1. The summed E-state index contributed by atoms with van der Waals surface area (Å²) >= 11 is 5.89. The van der Waals surface area contributed by atoms with Crippen LogP contribution in [-0.2, 0) is 16.6 Å². The lowest BCUT2D eigenvalue weighted by atomic mass is 10.0. The highest BCUT2D eigenvalue weighted by molar-refractivity contribution is 7.89. The van der Waals surface area contributed by atoms with Gasteiger partial charge in [-0.25, -0.2) is 12.8 Å². The van der Waals surface area contributed by atoms with E-state index >= 15 is 0 Å². The van der Waals surface area contributed by atoms with Crippen LogP contribution in [0.2, 0.25) is 5.02 Å². The predicted molar refractivity (Wildman–Crippen MR) is 226 cm³/mol. The van der Waals surface area contributed by atoms with Gasteiger partial charge in [0.2, 0.25) is 10.0 Å². The Kier molecular flexibility index (Phi) is 18.3. The van der Waals surface area contributed by atoms with Gasteiger partial charge in [0.15, 0.2) is 5.75 Å². The van der Waals surface area contributed by atoms with E-state index in [2.05, 4.69) is 50.1 Å². The molecule has 4 aromatic carbocycles. The molecule has 292 valence electrons. The molecule has 10 heteroatoms. The van der Waals surface area contributed by atoms with Gasteiger partial charge in [-0.3, -0.25) is 5.32 Å². The number of sulfonamides is 1. The highest BCUT2D eigenvalue weighted by atomic mass is 35.5. The molecule has 5 rings (SSSR count). The first kappa shape index (κ1) is 44.6. The van der Waals surface area contributed by atoms with Crippen molar-refractivity contribution in [3.8, 4) is 5.75 Å². The number of allylic oxidation sites excluding steroid dienone is 6. The van der Waals surface area contributed by atoms with Gasteiger partial charge in [-0.1, -0.05) is 142 Å². The highest BCUT2D eigenvalue weighted by Gasteiger charge is 2.25. The Bertz CT molecular complexity index is 2040. The fourth-order valence-corrected chi connectivity index (χ4v) is 6.56. The van der Waals surface area contributed by atoms with Gasteiger partial charge in [-0.15, -0.1) is 0 Å². The number of nitrogens with one attached hydrogen (secondary N) is 2. The third-order valence-corrected chi connectivity index (χ3v) is 10.7. The number of hydrogen-bond donors (Lipinski definition) is 4. The zero-order valence-electron chi connectivity index (χ0n) is 32.2. The molecule has 0 aliphatic carbocycles. The van der Waals surface area contributed by atoms with E-state index in [1.165, 1.54) is 43.3 Å². The zero-order chi connectivity index (χ0) is 40.4. The number of rotatable bonds is 13. The molecule has 55 heavy (non-hydrogen) atoms. The summed E-state index contributed by atoms with van der Waals surface area (Å²) in [5.74, 6) is 0.0947. The predicted octanol–water partition coefficient (Wildman–Crippen LogP) is 9.96. The molecular formula is C45H53ClFN3O4S. The first-order valence-electron chi connectivity index (χ1n) is 18.1. The Morgan fingerprint density at radius 2 is 1.71 bits per heavy atom. The fraction of sp³-hybridized carbons (Fsp3) is 0.244. The van der Waals surface area contributed by atoms with Crippen molar-refractivity contribution in [2.75, 3.05) is 20.1 Å². The van der Waals surface area contributed by atoms with Crippen LogP contribution in [0.25, 0.3) is 11.1 Å². The minimum Gasteiger partial charge on any atom is -0.505 e. The van der Waals surface area contributed by atoms with E-state index in [4.69, 9.17) is 11.6 Å². The van der Waals surface area contributed by atoms with Crippen LogP contribution in [0.15, 0.2) is 145 Å². The van der Waals surface area contributed by atoms with E-state index < -0.39 is 22.0 Å². The van der Waals surface area contributed by atoms with Crippen molar-refractivity contribution in [3.05, 3.63) is 179 Å². The summed E-state index contributed by atoms with van der Waals surface area (Å²) in [6.45, 7) is 13.7. The highest BCUT2D eigenvalue weighted by Crippen LogP contribution is 2.33. The number of likely N-dealkylation sites (N-methyl/N-ethyl adjacent to an activating group) is 1. The van der Waals surface area contributed by atoms with Crippen molar-refractivity contribution < 1.29 is 23.0 Å². The van der Waals surface area contributed by atoms with Gasteiger partial charge in [-0.05, 0) is 88.3 Å². The number of aliphatic hydroxyl groups is 1. The van der Waals surface area contributed by atoms with Gasteiger partial charge < -0.3 is 15.5 Å². The summed E-state index contributed by atoms with van der Waals surface area (Å²) in [6.07, 6.45) is 13.5. The number of nitrogens with zero attached hydrogens (tertiary/aromatic N) is 1. The summed E-state index contributed by atoms with van der Waals surface area (Å²) in [6, 6.07) is 26.9. The first-order valence-corrected chi connectivity index (χ1v) is 19.9. The molecule has 0 bridgehead atoms. The minimum absolute atomic E-state index is 0.0135. The first-order chi connectivity index (χ1) is 26.3. The van der Waals surface area contributed by atoms with Crippen molar-refractivity contribution in [3.63, 3.8) is 0 Å². The second-order valence-corrected chi connectivity index (χ2v) is 15.7. The molecule has 4 aromatic rings. The Hall–Kier alpha value is -4.77. The molecule has 1 atom stereocenters. The van der Waals surface area contributed by atoms with Crippen molar-refractivity contribution in [2.45, 2.75) is 51.8 Å². The summed E-state index contributed by atoms with van der Waals surface area (Å²) in [5, 5.41) is 26.5. The average molecular weight is 786 g/mol. The number of aliphatic hydroxyl groups excluding tert-OH is 1. The maximum Gasteiger partial charge on any atom is 0.246 e. The third-order valence-electron chi connectivity index (χ3n) is 8.57. The number of phenolic OH excluding ortho intramolecular Hbond substituents is 1. The summed E-state index contributed by atoms with van der Waals surface area (Å²) < 4.78 is 39.5. The van der Waals surface area contributed by atoms with Crippen molar-refractivity contribution in [1.29, 1.82) is 0 Å². The fourth-order valence-electron chi connectivity index (χ4n) is 4.92. The third kappa shape index (κ3) is 14.4. The average Bonchev–Trinajstić information content (AvgIpc) is 3.20. The molecule has 0 amide bonds. The molecule has 1 aliphatic rings. The van der Waals surface area contributed by atoms with E-state index in [9.17, 15) is 23.0 Å². The zero-order valence-corrected chi connectivity index (χ0v) is 33.8. The van der Waals surface area contributed by atoms with Gasteiger partial charge in [0.1, 0.15) is 16.9 Å². The lowest BCUT2D eigenvalue weighted by Gasteiger charge is -2.17. The number of phenols is 1. The quantitative estimate of drug-likeness (QED) is 0.0796. The molecule has 0 aromatic heterocycles. The number of dihydropyridines is 1. The summed E-state index contributed by atoms with van der Waals surface area (Å²) in [4.78, 5) is -0.234. The monoisotopic (exact) mass is 785 g/mol. The molecule has 1 heterocycles. The maximum absolute atomic E-state index is 13.0. The number of halogens is 2. The summed E-state index contributed by atoms with van der Waals surface area (Å²) in [7, 11) is -2.50. The molecule has 0 saturated heterocycles. The molecule has 7 nitrogen and oxygen atoms in total. The molecule has 0 fully saturated rings. The van der Waals surface area contributed by atoms with E-state index in [1.807, 2.05) is 60.8 Å². The SMILES string of the molecule is C=C/C(=C\C=C\CN(C)S(=O)(=O)c1cc(C)cc(Cl)c1O)c1ccc(F)cc1.CCC(C)C.OC(NCc1ccccc1)c1ccc(C2=CCNC=C2)cc1. The van der Waals surface area contributed by atoms with Gasteiger partial charge >= 0.3 is 0 Å². The van der Waals surface area contributed by atoms with Gasteiger partial charge in [0.05, 0.1) is 5.02 Å². The van der Waals surface area contributed by atoms with Crippen LogP contribution in [0.5, 0.6) is 5.75 Å². The Morgan fingerprint density at radius 1 is 1.05 bits per heavy atom. The van der Waals surface area contributed by atoms with E-state index in [0.29, 0.717) is 12.1 Å². The minimum atomic E-state index is -3.91. The van der Waals surface area contributed by atoms with Crippen molar-refractivity contribution in [2.24, 2.45) is 5.92 Å². The Labute approximate surface area is 332 Å². The lowest BCUT2D eigenvalue weighted by molar-refractivity contribution is 0.137. The van der Waals surface area contributed by atoms with Crippen LogP contribution in [0.4, 0.5) is 4.39 Å². The van der Waals surface area contributed by atoms with Gasteiger partial charge in [-0.2, -0.15) is 4.31 Å². The van der Waals surface area contributed by atoms with Crippen LogP contribution < -0.4 is 10.6 Å². The summed E-state index contributed by atoms with van der Waals surface area (Å²) in [5.41, 5.74) is 6.59. The van der Waals surface area contributed by atoms with E-state index in [0.717, 1.165) is 44.6 Å². The standard InChI is InChI=1S/C21H21ClFNO3S.C19H20N2O.C5H12/c1-4-16(17-8-10-18(23)11-9-17)7-5-6-12-24(3)28(26,27)20-14-15(2)13-19(22)21(20)25;22-19(21-14-15-4-2-1-3-5-15)18-8-6-16(7-9-18)17-10-12-20-13-11-17;1-4-5(2)3/h4-11,13-14,25H,1,12H2,2-3H3;1-12,19-22H,13-14H2;5H,4H2,1-3H3/b6-5+,16-7+;;. The van der Waals surface area contributed by atoms with Crippen LogP contribution in [0.3, 0.4) is 0 Å². The second kappa shape index (κ2) is 22.6.